The molecule has 0 bridgehead atoms. The first-order chi connectivity index (χ1) is 11.9. The molecule has 25 heavy (non-hydrogen) atoms. The normalized spacial score (nSPS) is 11.8. The average Bonchev–Trinajstić information content (AvgIpc) is 2.90. The number of fused-ring (bicyclic) bond motifs is 1. The largest absolute Gasteiger partial charge is 0.465 e. The predicted octanol–water partition coefficient (Wildman–Crippen LogP) is 3.38. The summed E-state index contributed by atoms with van der Waals surface area (Å²) < 4.78 is 7.70. The molecule has 2 aromatic carbocycles. The van der Waals surface area contributed by atoms with Crippen molar-refractivity contribution in [3.05, 3.63) is 63.5 Å². The summed E-state index contributed by atoms with van der Waals surface area (Å²) in [5.74, 6) is -1.01. The average molecular weight is 354 g/mol. The summed E-state index contributed by atoms with van der Waals surface area (Å²) in [5, 5.41) is 0. The predicted molar refractivity (Wildman–Crippen MR) is 97.9 cm³/mol. The lowest BCUT2D eigenvalue weighted by Gasteiger charge is -2.03. The van der Waals surface area contributed by atoms with Gasteiger partial charge in [0, 0.05) is 7.05 Å². The fraction of sp³-hybridized carbons (Fsp3) is 0.211. The summed E-state index contributed by atoms with van der Waals surface area (Å²) in [7, 11) is 3.17. The van der Waals surface area contributed by atoms with Crippen molar-refractivity contribution in [2.45, 2.75) is 13.8 Å². The van der Waals surface area contributed by atoms with Crippen molar-refractivity contribution in [3.8, 4) is 0 Å². The number of esters is 1. The first-order valence-corrected chi connectivity index (χ1v) is 8.57. The number of aromatic nitrogens is 1. The topological polar surface area (TPSA) is 60.7 Å². The van der Waals surface area contributed by atoms with E-state index in [2.05, 4.69) is 31.0 Å². The van der Waals surface area contributed by atoms with E-state index in [1.807, 2.05) is 11.6 Å². The Balaban J connectivity index is 2.13. The molecule has 0 aliphatic rings. The summed E-state index contributed by atoms with van der Waals surface area (Å²) in [6.45, 7) is 4.12. The van der Waals surface area contributed by atoms with Gasteiger partial charge in [0.2, 0.25) is 0 Å². The first-order valence-electron chi connectivity index (χ1n) is 7.75. The number of benzene rings is 2. The van der Waals surface area contributed by atoms with Gasteiger partial charge in [-0.25, -0.2) is 4.79 Å². The maximum Gasteiger partial charge on any atom is 0.338 e. The highest BCUT2D eigenvalue weighted by Crippen LogP contribution is 2.21. The quantitative estimate of drug-likeness (QED) is 0.663. The Labute approximate surface area is 149 Å². The zero-order valence-corrected chi connectivity index (χ0v) is 15.3. The van der Waals surface area contributed by atoms with E-state index in [1.165, 1.54) is 29.6 Å². The van der Waals surface area contributed by atoms with Gasteiger partial charge in [-0.05, 0) is 49.2 Å². The van der Waals surface area contributed by atoms with E-state index >= 15 is 0 Å². The Bertz CT molecular complexity index is 1060. The molecular weight excluding hydrogens is 336 g/mol. The van der Waals surface area contributed by atoms with Gasteiger partial charge < -0.3 is 9.30 Å². The summed E-state index contributed by atoms with van der Waals surface area (Å²) in [6, 6.07) is 10.7. The first kappa shape index (κ1) is 17.1. The van der Waals surface area contributed by atoms with E-state index in [-0.39, 0.29) is 11.1 Å². The lowest BCUT2D eigenvalue weighted by atomic mass is 10.1. The van der Waals surface area contributed by atoms with Gasteiger partial charge in [-0.15, -0.1) is 0 Å². The minimum atomic E-state index is -0.550. The van der Waals surface area contributed by atoms with Crippen LogP contribution >= 0.6 is 11.3 Å². The standard InChI is InChI=1S/C19H18N2O3S/c1-11-9-15-16(10-12(11)2)25-19(21(15)3)20-17(22)13-7-5-6-8-14(13)18(23)24-4/h5-10H,1-4H3. The van der Waals surface area contributed by atoms with Crippen LogP contribution in [0.4, 0.5) is 0 Å². The number of hydrogen-bond donors (Lipinski definition) is 0. The molecule has 0 aliphatic carbocycles. The van der Waals surface area contributed by atoms with Crippen molar-refractivity contribution in [1.29, 1.82) is 0 Å². The minimum absolute atomic E-state index is 0.217. The minimum Gasteiger partial charge on any atom is -0.465 e. The monoisotopic (exact) mass is 354 g/mol. The molecule has 0 radical (unpaired) electrons. The lowest BCUT2D eigenvalue weighted by molar-refractivity contribution is 0.0597. The Morgan fingerprint density at radius 2 is 1.72 bits per heavy atom. The molecule has 6 heteroatoms. The van der Waals surface area contributed by atoms with Gasteiger partial charge in [-0.2, -0.15) is 4.99 Å². The Kier molecular flexibility index (Phi) is 4.55. The molecule has 128 valence electrons. The van der Waals surface area contributed by atoms with Gasteiger partial charge in [0.05, 0.1) is 28.5 Å². The lowest BCUT2D eigenvalue weighted by Crippen LogP contribution is -2.15. The van der Waals surface area contributed by atoms with Gasteiger partial charge in [-0.3, -0.25) is 4.79 Å². The zero-order valence-electron chi connectivity index (χ0n) is 14.5. The summed E-state index contributed by atoms with van der Waals surface area (Å²) >= 11 is 1.45. The van der Waals surface area contributed by atoms with Gasteiger partial charge >= 0.3 is 5.97 Å². The number of rotatable bonds is 2. The van der Waals surface area contributed by atoms with Gasteiger partial charge in [0.15, 0.2) is 4.80 Å². The van der Waals surface area contributed by atoms with Crippen LogP contribution in [0.5, 0.6) is 0 Å². The molecule has 0 spiro atoms. The van der Waals surface area contributed by atoms with Crippen LogP contribution in [-0.2, 0) is 11.8 Å². The maximum atomic E-state index is 12.6. The molecule has 0 N–H and O–H groups in total. The molecule has 5 nitrogen and oxygen atoms in total. The number of aryl methyl sites for hydroxylation is 3. The van der Waals surface area contributed by atoms with Gasteiger partial charge in [-0.1, -0.05) is 23.5 Å². The number of nitrogens with zero attached hydrogens (tertiary/aromatic N) is 2. The Morgan fingerprint density at radius 3 is 2.40 bits per heavy atom. The highest BCUT2D eigenvalue weighted by molar-refractivity contribution is 7.16. The zero-order chi connectivity index (χ0) is 18.1. The van der Waals surface area contributed by atoms with Crippen LogP contribution < -0.4 is 4.80 Å². The molecule has 0 atom stereocenters. The van der Waals surface area contributed by atoms with Crippen LogP contribution in [0.2, 0.25) is 0 Å². The van der Waals surface area contributed by atoms with Gasteiger partial charge in [0.1, 0.15) is 0 Å². The fourth-order valence-corrected chi connectivity index (χ4v) is 3.69. The van der Waals surface area contributed by atoms with Crippen LogP contribution in [-0.4, -0.2) is 23.6 Å². The third kappa shape index (κ3) is 3.13. The van der Waals surface area contributed by atoms with Crippen LogP contribution in [0.15, 0.2) is 41.4 Å². The molecule has 0 fully saturated rings. The van der Waals surface area contributed by atoms with E-state index in [0.29, 0.717) is 4.80 Å². The maximum absolute atomic E-state index is 12.6. The number of methoxy groups -OCH3 is 1. The number of amides is 1. The fourth-order valence-electron chi connectivity index (χ4n) is 2.59. The number of hydrogen-bond acceptors (Lipinski definition) is 4. The molecule has 0 aliphatic heterocycles. The molecule has 0 saturated heterocycles. The smallest absolute Gasteiger partial charge is 0.338 e. The Hall–Kier alpha value is -2.73. The van der Waals surface area contributed by atoms with E-state index < -0.39 is 11.9 Å². The van der Waals surface area contributed by atoms with E-state index in [0.717, 1.165) is 10.2 Å². The molecule has 3 rings (SSSR count). The number of carbonyl (C=O) groups excluding carboxylic acids is 2. The SMILES string of the molecule is COC(=O)c1ccccc1C(=O)N=c1sc2cc(C)c(C)cc2n1C. The highest BCUT2D eigenvalue weighted by Gasteiger charge is 2.17. The molecule has 1 aromatic heterocycles. The van der Waals surface area contributed by atoms with Crippen LogP contribution in [0.25, 0.3) is 10.2 Å². The second-order valence-corrected chi connectivity index (χ2v) is 6.81. The van der Waals surface area contributed by atoms with Crippen LogP contribution in [0, 0.1) is 13.8 Å². The summed E-state index contributed by atoms with van der Waals surface area (Å²) in [6.07, 6.45) is 0. The summed E-state index contributed by atoms with van der Waals surface area (Å²) in [4.78, 5) is 29.3. The number of ether oxygens (including phenoxy) is 1. The third-order valence-electron chi connectivity index (χ3n) is 4.18. The van der Waals surface area contributed by atoms with Crippen LogP contribution in [0.1, 0.15) is 31.8 Å². The number of thiazole rings is 1. The number of carbonyl (C=O) groups is 2. The van der Waals surface area contributed by atoms with E-state index in [4.69, 9.17) is 4.74 Å². The van der Waals surface area contributed by atoms with Crippen molar-refractivity contribution >= 4 is 33.4 Å². The molecule has 1 heterocycles. The molecular formula is C19H18N2O3S. The molecule has 3 aromatic rings. The molecule has 0 saturated carbocycles. The summed E-state index contributed by atoms with van der Waals surface area (Å²) in [5.41, 5.74) is 3.87. The van der Waals surface area contributed by atoms with Crippen molar-refractivity contribution in [2.24, 2.45) is 12.0 Å². The second-order valence-electron chi connectivity index (χ2n) is 5.80. The second kappa shape index (κ2) is 6.64. The van der Waals surface area contributed by atoms with Crippen molar-refractivity contribution in [1.82, 2.24) is 4.57 Å². The highest BCUT2D eigenvalue weighted by atomic mass is 32.1. The van der Waals surface area contributed by atoms with Crippen LogP contribution in [0.3, 0.4) is 0 Å². The van der Waals surface area contributed by atoms with E-state index in [1.54, 1.807) is 24.3 Å². The van der Waals surface area contributed by atoms with Crippen molar-refractivity contribution in [3.63, 3.8) is 0 Å². The van der Waals surface area contributed by atoms with Crippen molar-refractivity contribution in [2.75, 3.05) is 7.11 Å². The van der Waals surface area contributed by atoms with Gasteiger partial charge in [0.25, 0.3) is 5.91 Å². The Morgan fingerprint density at radius 1 is 1.08 bits per heavy atom. The van der Waals surface area contributed by atoms with Crippen molar-refractivity contribution < 1.29 is 14.3 Å². The molecule has 1 amide bonds. The third-order valence-corrected chi connectivity index (χ3v) is 5.28. The molecule has 0 unspecified atom stereocenters. The van der Waals surface area contributed by atoms with E-state index in [9.17, 15) is 9.59 Å².